The standard InChI is InChI=1S/C16H15NO2/c1-2-9-17-15(4-1)19-13-6-5-12-11-18-16(7-3-8-16)14(12)10-13/h1-2,4-6,9-10H,3,7-8,11H2. The summed E-state index contributed by atoms with van der Waals surface area (Å²) in [6, 6.07) is 11.9. The molecule has 0 radical (unpaired) electrons. The van der Waals surface area contributed by atoms with Gasteiger partial charge in [0.25, 0.3) is 0 Å². The van der Waals surface area contributed by atoms with Gasteiger partial charge in [0.05, 0.1) is 12.2 Å². The SMILES string of the molecule is c1ccc(Oc2ccc3c(c2)C2(CCC2)OC3)nc1. The Kier molecular flexibility index (Phi) is 2.35. The quantitative estimate of drug-likeness (QED) is 0.816. The van der Waals surface area contributed by atoms with Gasteiger partial charge in [-0.05, 0) is 48.6 Å². The minimum Gasteiger partial charge on any atom is -0.439 e. The Morgan fingerprint density at radius 2 is 2.11 bits per heavy atom. The zero-order chi connectivity index (χ0) is 12.7. The van der Waals surface area contributed by atoms with Gasteiger partial charge in [-0.25, -0.2) is 4.98 Å². The van der Waals surface area contributed by atoms with E-state index in [9.17, 15) is 0 Å². The minimum absolute atomic E-state index is 0.0151. The highest BCUT2D eigenvalue weighted by Gasteiger charge is 2.45. The topological polar surface area (TPSA) is 31.4 Å². The molecule has 0 bridgehead atoms. The summed E-state index contributed by atoms with van der Waals surface area (Å²) in [5, 5.41) is 0. The van der Waals surface area contributed by atoms with Crippen LogP contribution in [-0.2, 0) is 16.9 Å². The van der Waals surface area contributed by atoms with Crippen molar-refractivity contribution < 1.29 is 9.47 Å². The summed E-state index contributed by atoms with van der Waals surface area (Å²) < 4.78 is 11.8. The molecule has 1 aromatic carbocycles. The summed E-state index contributed by atoms with van der Waals surface area (Å²) in [5.41, 5.74) is 2.60. The van der Waals surface area contributed by atoms with Crippen LogP contribution in [0, 0.1) is 0 Å². The Bertz CT molecular complexity index is 605. The normalized spacial score (nSPS) is 18.9. The third-order valence-electron chi connectivity index (χ3n) is 4.10. The number of fused-ring (bicyclic) bond motifs is 2. The van der Waals surface area contributed by atoms with Crippen LogP contribution >= 0.6 is 0 Å². The van der Waals surface area contributed by atoms with Crippen LogP contribution in [0.15, 0.2) is 42.6 Å². The molecule has 2 aromatic rings. The Balaban J connectivity index is 1.67. The van der Waals surface area contributed by atoms with E-state index in [1.807, 2.05) is 24.3 Å². The van der Waals surface area contributed by atoms with E-state index in [1.165, 1.54) is 17.5 Å². The molecule has 3 nitrogen and oxygen atoms in total. The molecule has 19 heavy (non-hydrogen) atoms. The van der Waals surface area contributed by atoms with Gasteiger partial charge >= 0.3 is 0 Å². The largest absolute Gasteiger partial charge is 0.439 e. The van der Waals surface area contributed by atoms with Crippen molar-refractivity contribution >= 4 is 0 Å². The maximum absolute atomic E-state index is 5.98. The van der Waals surface area contributed by atoms with Crippen molar-refractivity contribution in [3.63, 3.8) is 0 Å². The summed E-state index contributed by atoms with van der Waals surface area (Å²) in [7, 11) is 0. The average Bonchev–Trinajstić information content (AvgIpc) is 2.79. The summed E-state index contributed by atoms with van der Waals surface area (Å²) in [5.74, 6) is 1.47. The molecule has 1 aliphatic heterocycles. The molecule has 4 rings (SSSR count). The number of hydrogen-bond acceptors (Lipinski definition) is 3. The first-order valence-corrected chi connectivity index (χ1v) is 6.72. The van der Waals surface area contributed by atoms with Crippen LogP contribution in [0.4, 0.5) is 0 Å². The van der Waals surface area contributed by atoms with Crippen molar-refractivity contribution in [3.05, 3.63) is 53.7 Å². The van der Waals surface area contributed by atoms with E-state index in [1.54, 1.807) is 6.20 Å². The van der Waals surface area contributed by atoms with Crippen LogP contribution in [0.1, 0.15) is 30.4 Å². The number of nitrogens with zero attached hydrogens (tertiary/aromatic N) is 1. The molecule has 1 spiro atoms. The van der Waals surface area contributed by atoms with E-state index >= 15 is 0 Å². The first kappa shape index (κ1) is 11.0. The highest BCUT2D eigenvalue weighted by atomic mass is 16.5. The lowest BCUT2D eigenvalue weighted by atomic mass is 9.75. The molecule has 1 saturated carbocycles. The van der Waals surface area contributed by atoms with Crippen molar-refractivity contribution in [2.45, 2.75) is 31.5 Å². The van der Waals surface area contributed by atoms with Crippen molar-refractivity contribution in [1.29, 1.82) is 0 Å². The lowest BCUT2D eigenvalue weighted by molar-refractivity contribution is -0.0944. The molecule has 96 valence electrons. The lowest BCUT2D eigenvalue weighted by Gasteiger charge is -2.38. The second kappa shape index (κ2) is 4.07. The molecule has 2 aliphatic rings. The van der Waals surface area contributed by atoms with E-state index in [0.717, 1.165) is 25.2 Å². The highest BCUT2D eigenvalue weighted by Crippen LogP contribution is 2.51. The maximum Gasteiger partial charge on any atom is 0.219 e. The number of rotatable bonds is 2. The number of benzene rings is 1. The number of hydrogen-bond donors (Lipinski definition) is 0. The number of aromatic nitrogens is 1. The van der Waals surface area contributed by atoms with Crippen molar-refractivity contribution in [3.8, 4) is 11.6 Å². The molecule has 1 fully saturated rings. The van der Waals surface area contributed by atoms with Gasteiger partial charge in [-0.2, -0.15) is 0 Å². The lowest BCUT2D eigenvalue weighted by Crippen LogP contribution is -2.33. The Morgan fingerprint density at radius 1 is 1.16 bits per heavy atom. The Labute approximate surface area is 112 Å². The van der Waals surface area contributed by atoms with E-state index in [4.69, 9.17) is 9.47 Å². The predicted molar refractivity (Wildman–Crippen MR) is 71.1 cm³/mol. The summed E-state index contributed by atoms with van der Waals surface area (Å²) in [4.78, 5) is 4.18. The molecule has 0 N–H and O–H groups in total. The molecule has 3 heteroatoms. The maximum atomic E-state index is 5.98. The average molecular weight is 253 g/mol. The first-order chi connectivity index (χ1) is 9.36. The van der Waals surface area contributed by atoms with Crippen LogP contribution in [0.3, 0.4) is 0 Å². The molecule has 0 atom stereocenters. The van der Waals surface area contributed by atoms with Crippen LogP contribution in [-0.4, -0.2) is 4.98 Å². The molecular formula is C16H15NO2. The molecule has 1 aliphatic carbocycles. The van der Waals surface area contributed by atoms with Gasteiger partial charge in [-0.1, -0.05) is 12.1 Å². The third-order valence-corrected chi connectivity index (χ3v) is 4.10. The van der Waals surface area contributed by atoms with Gasteiger partial charge in [0.15, 0.2) is 0 Å². The summed E-state index contributed by atoms with van der Waals surface area (Å²) >= 11 is 0. The minimum atomic E-state index is -0.0151. The Hall–Kier alpha value is -1.87. The highest BCUT2D eigenvalue weighted by molar-refractivity contribution is 5.43. The van der Waals surface area contributed by atoms with E-state index in [2.05, 4.69) is 17.1 Å². The number of ether oxygens (including phenoxy) is 2. The predicted octanol–water partition coefficient (Wildman–Crippen LogP) is 3.78. The fourth-order valence-electron chi connectivity index (χ4n) is 2.90. The van der Waals surface area contributed by atoms with Crippen LogP contribution in [0.5, 0.6) is 11.6 Å². The van der Waals surface area contributed by atoms with Crippen LogP contribution < -0.4 is 4.74 Å². The van der Waals surface area contributed by atoms with Gasteiger partial charge in [0, 0.05) is 12.3 Å². The fourth-order valence-corrected chi connectivity index (χ4v) is 2.90. The fraction of sp³-hybridized carbons (Fsp3) is 0.312. The zero-order valence-electron chi connectivity index (χ0n) is 10.6. The molecule has 1 aromatic heterocycles. The van der Waals surface area contributed by atoms with Gasteiger partial charge < -0.3 is 9.47 Å². The monoisotopic (exact) mass is 253 g/mol. The van der Waals surface area contributed by atoms with E-state index in [-0.39, 0.29) is 5.60 Å². The first-order valence-electron chi connectivity index (χ1n) is 6.72. The van der Waals surface area contributed by atoms with E-state index < -0.39 is 0 Å². The number of pyridine rings is 1. The van der Waals surface area contributed by atoms with Crippen molar-refractivity contribution in [2.24, 2.45) is 0 Å². The molecule has 0 saturated heterocycles. The molecular weight excluding hydrogens is 238 g/mol. The Morgan fingerprint density at radius 3 is 2.84 bits per heavy atom. The zero-order valence-corrected chi connectivity index (χ0v) is 10.6. The van der Waals surface area contributed by atoms with Crippen molar-refractivity contribution in [2.75, 3.05) is 0 Å². The van der Waals surface area contributed by atoms with Crippen molar-refractivity contribution in [1.82, 2.24) is 4.98 Å². The summed E-state index contributed by atoms with van der Waals surface area (Å²) in [6.45, 7) is 0.735. The molecule has 0 unspecified atom stereocenters. The summed E-state index contributed by atoms with van der Waals surface area (Å²) in [6.07, 6.45) is 5.25. The molecule has 2 heterocycles. The second-order valence-electron chi connectivity index (χ2n) is 5.23. The third kappa shape index (κ3) is 1.73. The van der Waals surface area contributed by atoms with Crippen LogP contribution in [0.2, 0.25) is 0 Å². The molecule has 0 amide bonds. The van der Waals surface area contributed by atoms with E-state index in [0.29, 0.717) is 5.88 Å². The van der Waals surface area contributed by atoms with Gasteiger partial charge in [-0.3, -0.25) is 0 Å². The van der Waals surface area contributed by atoms with Gasteiger partial charge in [-0.15, -0.1) is 0 Å². The van der Waals surface area contributed by atoms with Crippen LogP contribution in [0.25, 0.3) is 0 Å². The second-order valence-corrected chi connectivity index (χ2v) is 5.23. The van der Waals surface area contributed by atoms with Gasteiger partial charge in [0.2, 0.25) is 5.88 Å². The smallest absolute Gasteiger partial charge is 0.219 e. The van der Waals surface area contributed by atoms with Gasteiger partial charge in [0.1, 0.15) is 5.75 Å².